The molecule has 1 saturated heterocycles. The van der Waals surface area contributed by atoms with Crippen LogP contribution in [0.15, 0.2) is 28.8 Å². The Morgan fingerprint density at radius 2 is 1.93 bits per heavy atom. The van der Waals surface area contributed by atoms with Crippen molar-refractivity contribution < 1.29 is 19.2 Å². The summed E-state index contributed by atoms with van der Waals surface area (Å²) in [4.78, 5) is 55.9. The number of urea groups is 1. The molecule has 1 aliphatic carbocycles. The first kappa shape index (κ1) is 20.0. The smallest absolute Gasteiger partial charge is 0.350 e. The first-order valence-electron chi connectivity index (χ1n) is 9.84. The minimum absolute atomic E-state index is 0.189. The third kappa shape index (κ3) is 4.05. The number of likely N-dealkylation sites (tertiary alicyclic amines) is 1. The summed E-state index contributed by atoms with van der Waals surface area (Å²) in [7, 11) is 0. The monoisotopic (exact) mass is 386 g/mol. The highest BCUT2D eigenvalue weighted by atomic mass is 16.2. The standard InChI is InChI=1S/C20H26N4O4/c1-2-3-4-9-24-19(27)15-6-5-14(12-16(15)22-20(24)28)18(26)23-10-7-13(8-11-23)17(21)25/h5-6,12-13,15H,2-4,7-11H2,1H3,(H2,21,25). The largest absolute Gasteiger partial charge is 0.369 e. The summed E-state index contributed by atoms with van der Waals surface area (Å²) in [5.41, 5.74) is 6.05. The fourth-order valence-corrected chi connectivity index (χ4v) is 3.75. The summed E-state index contributed by atoms with van der Waals surface area (Å²) in [6, 6.07) is -0.562. The van der Waals surface area contributed by atoms with Gasteiger partial charge in [0.15, 0.2) is 0 Å². The van der Waals surface area contributed by atoms with Gasteiger partial charge in [-0.2, -0.15) is 4.99 Å². The second-order valence-corrected chi connectivity index (χ2v) is 7.42. The van der Waals surface area contributed by atoms with E-state index in [-0.39, 0.29) is 23.6 Å². The van der Waals surface area contributed by atoms with Crippen molar-refractivity contribution in [2.45, 2.75) is 39.0 Å². The number of primary amides is 1. The normalized spacial score (nSPS) is 22.7. The van der Waals surface area contributed by atoms with Gasteiger partial charge in [-0.05, 0) is 25.3 Å². The van der Waals surface area contributed by atoms with Crippen LogP contribution < -0.4 is 5.73 Å². The summed E-state index contributed by atoms with van der Waals surface area (Å²) >= 11 is 0. The molecule has 150 valence electrons. The predicted molar refractivity (Wildman–Crippen MR) is 103 cm³/mol. The van der Waals surface area contributed by atoms with Crippen LogP contribution in [0.1, 0.15) is 39.0 Å². The molecule has 8 nitrogen and oxygen atoms in total. The molecule has 3 aliphatic rings. The Hall–Kier alpha value is -2.77. The van der Waals surface area contributed by atoms with Crippen LogP contribution in [-0.4, -0.2) is 58.9 Å². The minimum Gasteiger partial charge on any atom is -0.369 e. The number of nitrogens with zero attached hydrogens (tertiary/aromatic N) is 3. The molecule has 0 radical (unpaired) electrons. The number of allylic oxidation sites excluding steroid dienone is 1. The predicted octanol–water partition coefficient (Wildman–Crippen LogP) is 1.42. The highest BCUT2D eigenvalue weighted by Crippen LogP contribution is 2.25. The fraction of sp³-hybridized carbons (Fsp3) is 0.550. The van der Waals surface area contributed by atoms with Gasteiger partial charge in [-0.3, -0.25) is 19.3 Å². The van der Waals surface area contributed by atoms with Crippen molar-refractivity contribution in [3.05, 3.63) is 23.8 Å². The van der Waals surface area contributed by atoms with Gasteiger partial charge in [0.25, 0.3) is 5.91 Å². The lowest BCUT2D eigenvalue weighted by Gasteiger charge is -2.32. The molecule has 2 N–H and O–H groups in total. The van der Waals surface area contributed by atoms with Crippen LogP contribution in [0.3, 0.4) is 0 Å². The van der Waals surface area contributed by atoms with Gasteiger partial charge < -0.3 is 10.6 Å². The molecule has 0 bridgehead atoms. The zero-order chi connectivity index (χ0) is 20.3. The number of rotatable bonds is 6. The van der Waals surface area contributed by atoms with Gasteiger partial charge in [-0.1, -0.05) is 31.9 Å². The van der Waals surface area contributed by atoms with E-state index in [1.54, 1.807) is 17.1 Å². The molecule has 1 atom stereocenters. The van der Waals surface area contributed by atoms with Crippen LogP contribution in [0.2, 0.25) is 0 Å². The lowest BCUT2D eigenvalue weighted by Crippen LogP contribution is -2.47. The summed E-state index contributed by atoms with van der Waals surface area (Å²) in [5, 5.41) is 0. The number of unbranched alkanes of at least 4 members (excludes halogenated alkanes) is 2. The Bertz CT molecular complexity index is 775. The summed E-state index contributed by atoms with van der Waals surface area (Å²) in [5.74, 6) is -1.61. The quantitative estimate of drug-likeness (QED) is 0.695. The van der Waals surface area contributed by atoms with Crippen LogP contribution in [0.5, 0.6) is 0 Å². The van der Waals surface area contributed by atoms with Crippen LogP contribution in [-0.2, 0) is 14.4 Å². The van der Waals surface area contributed by atoms with Crippen LogP contribution in [0.25, 0.3) is 0 Å². The third-order valence-corrected chi connectivity index (χ3v) is 5.49. The number of fused-ring (bicyclic) bond motifs is 1. The van der Waals surface area contributed by atoms with E-state index in [4.69, 9.17) is 5.73 Å². The van der Waals surface area contributed by atoms with Gasteiger partial charge in [0.1, 0.15) is 0 Å². The Kier molecular flexibility index (Phi) is 6.06. The molecule has 0 aromatic rings. The zero-order valence-corrected chi connectivity index (χ0v) is 16.1. The molecule has 2 aliphatic heterocycles. The summed E-state index contributed by atoms with van der Waals surface area (Å²) in [6.45, 7) is 3.34. The molecule has 8 heteroatoms. The van der Waals surface area contributed by atoms with Crippen molar-refractivity contribution in [1.82, 2.24) is 9.80 Å². The van der Waals surface area contributed by atoms with Crippen molar-refractivity contribution in [3.63, 3.8) is 0 Å². The summed E-state index contributed by atoms with van der Waals surface area (Å²) < 4.78 is 0. The fourth-order valence-electron chi connectivity index (χ4n) is 3.75. The van der Waals surface area contributed by atoms with E-state index in [1.807, 2.05) is 0 Å². The lowest BCUT2D eigenvalue weighted by atomic mass is 9.90. The van der Waals surface area contributed by atoms with Crippen LogP contribution in [0, 0.1) is 11.8 Å². The number of carbonyl (C=O) groups excluding carboxylic acids is 4. The van der Waals surface area contributed by atoms with Crippen molar-refractivity contribution in [2.75, 3.05) is 19.6 Å². The topological polar surface area (TPSA) is 113 Å². The van der Waals surface area contributed by atoms with Gasteiger partial charge in [-0.25, -0.2) is 4.79 Å². The summed E-state index contributed by atoms with van der Waals surface area (Å²) in [6.07, 6.45) is 8.60. The van der Waals surface area contributed by atoms with Crippen molar-refractivity contribution in [3.8, 4) is 0 Å². The highest BCUT2D eigenvalue weighted by Gasteiger charge is 2.37. The molecule has 2 heterocycles. The minimum atomic E-state index is -0.614. The van der Waals surface area contributed by atoms with Gasteiger partial charge >= 0.3 is 6.03 Å². The highest BCUT2D eigenvalue weighted by molar-refractivity contribution is 6.23. The molecule has 1 unspecified atom stereocenters. The average Bonchev–Trinajstić information content (AvgIpc) is 2.69. The van der Waals surface area contributed by atoms with Gasteiger partial charge in [-0.15, -0.1) is 0 Å². The molecule has 1 fully saturated rings. The molecule has 5 amide bonds. The van der Waals surface area contributed by atoms with E-state index in [1.165, 1.54) is 11.0 Å². The first-order chi connectivity index (χ1) is 13.4. The third-order valence-electron chi connectivity index (χ3n) is 5.49. The number of carbonyl (C=O) groups is 4. The number of hydrogen-bond donors (Lipinski definition) is 1. The number of nitrogens with two attached hydrogens (primary N) is 1. The maximum absolute atomic E-state index is 12.8. The van der Waals surface area contributed by atoms with Crippen molar-refractivity contribution >= 4 is 29.5 Å². The molecule has 0 saturated carbocycles. The van der Waals surface area contributed by atoms with E-state index in [0.717, 1.165) is 19.3 Å². The van der Waals surface area contributed by atoms with E-state index in [9.17, 15) is 19.2 Å². The Morgan fingerprint density at radius 1 is 1.21 bits per heavy atom. The lowest BCUT2D eigenvalue weighted by molar-refractivity contribution is -0.131. The van der Waals surface area contributed by atoms with Crippen LogP contribution >= 0.6 is 0 Å². The second kappa shape index (κ2) is 8.50. The van der Waals surface area contributed by atoms with Gasteiger partial charge in [0, 0.05) is 31.1 Å². The molecule has 3 rings (SSSR count). The Morgan fingerprint density at radius 3 is 2.57 bits per heavy atom. The maximum atomic E-state index is 12.8. The van der Waals surface area contributed by atoms with Crippen molar-refractivity contribution in [1.29, 1.82) is 0 Å². The van der Waals surface area contributed by atoms with Crippen LogP contribution in [0.4, 0.5) is 4.79 Å². The Labute approximate surface area is 164 Å². The molecule has 0 aromatic heterocycles. The van der Waals surface area contributed by atoms with E-state index >= 15 is 0 Å². The first-order valence-corrected chi connectivity index (χ1v) is 9.84. The number of amides is 5. The second-order valence-electron chi connectivity index (χ2n) is 7.42. The van der Waals surface area contributed by atoms with E-state index in [0.29, 0.717) is 43.8 Å². The zero-order valence-electron chi connectivity index (χ0n) is 16.1. The number of hydrogen-bond acceptors (Lipinski definition) is 4. The van der Waals surface area contributed by atoms with Gasteiger partial charge in [0.2, 0.25) is 11.8 Å². The van der Waals surface area contributed by atoms with E-state index in [2.05, 4.69) is 11.9 Å². The average molecular weight is 386 g/mol. The van der Waals surface area contributed by atoms with E-state index < -0.39 is 11.9 Å². The maximum Gasteiger partial charge on any atom is 0.350 e. The molecule has 0 aromatic carbocycles. The molecular formula is C20H26N4O4. The Balaban J connectivity index is 1.69. The number of aliphatic imine (C=N–C) groups is 1. The molecule has 28 heavy (non-hydrogen) atoms. The number of imide groups is 1. The molecular weight excluding hydrogens is 360 g/mol. The van der Waals surface area contributed by atoms with Crippen molar-refractivity contribution in [2.24, 2.45) is 22.6 Å². The number of piperidine rings is 1. The SMILES string of the molecule is CCCCCN1C(=O)N=C2C=C(C(=O)N3CCC(C(N)=O)CC3)C=CC2C1=O. The molecule has 0 spiro atoms. The van der Waals surface area contributed by atoms with Gasteiger partial charge in [0.05, 0.1) is 11.6 Å².